The van der Waals surface area contributed by atoms with Crippen LogP contribution < -0.4 is 0 Å². The molecule has 0 unspecified atom stereocenters. The van der Waals surface area contributed by atoms with E-state index < -0.39 is 8.32 Å². The van der Waals surface area contributed by atoms with Gasteiger partial charge in [-0.3, -0.25) is 0 Å². The lowest BCUT2D eigenvalue weighted by atomic mass is 9.92. The van der Waals surface area contributed by atoms with Gasteiger partial charge in [-0.1, -0.05) is 45.0 Å². The minimum Gasteiger partial charge on any atom is -0.416 e. The minimum atomic E-state index is -1.62. The van der Waals surface area contributed by atoms with Crippen LogP contribution >= 0.6 is 0 Å². The van der Waals surface area contributed by atoms with Crippen molar-refractivity contribution < 1.29 is 9.16 Å². The van der Waals surface area contributed by atoms with E-state index in [-0.39, 0.29) is 5.04 Å². The van der Waals surface area contributed by atoms with Gasteiger partial charge in [-0.05, 0) is 35.7 Å². The SMILES string of the molecule is CC(C)(C)[Si](C)(C)OCCc1ccccc1C1COC1. The highest BCUT2D eigenvalue weighted by molar-refractivity contribution is 6.74. The largest absolute Gasteiger partial charge is 0.416 e. The molecular formula is C17H28O2Si. The van der Waals surface area contributed by atoms with Crippen molar-refractivity contribution in [2.75, 3.05) is 19.8 Å². The highest BCUT2D eigenvalue weighted by atomic mass is 28.4. The fraction of sp³-hybridized carbons (Fsp3) is 0.647. The number of benzene rings is 1. The minimum absolute atomic E-state index is 0.286. The quantitative estimate of drug-likeness (QED) is 0.751. The normalized spacial score (nSPS) is 17.1. The Balaban J connectivity index is 1.95. The fourth-order valence-corrected chi connectivity index (χ4v) is 3.25. The predicted octanol–water partition coefficient (Wildman–Crippen LogP) is 4.36. The Labute approximate surface area is 124 Å². The van der Waals surface area contributed by atoms with Crippen LogP contribution in [-0.4, -0.2) is 28.1 Å². The average molecular weight is 292 g/mol. The molecule has 2 nitrogen and oxygen atoms in total. The van der Waals surface area contributed by atoms with Crippen molar-refractivity contribution in [3.63, 3.8) is 0 Å². The van der Waals surface area contributed by atoms with Crippen LogP contribution in [0, 0.1) is 0 Å². The molecule has 1 aliphatic rings. The molecule has 0 radical (unpaired) electrons. The second kappa shape index (κ2) is 6.00. The van der Waals surface area contributed by atoms with E-state index >= 15 is 0 Å². The fourth-order valence-electron chi connectivity index (χ4n) is 2.21. The standard InChI is InChI=1S/C17H28O2Si/c1-17(2,3)20(4,5)19-11-10-14-8-6-7-9-16(14)15-12-18-13-15/h6-9,15H,10-13H2,1-5H3. The van der Waals surface area contributed by atoms with E-state index in [1.54, 1.807) is 0 Å². The highest BCUT2D eigenvalue weighted by Gasteiger charge is 2.36. The summed E-state index contributed by atoms with van der Waals surface area (Å²) in [6.45, 7) is 14.1. The van der Waals surface area contributed by atoms with Crippen LogP contribution in [0.2, 0.25) is 18.1 Å². The van der Waals surface area contributed by atoms with E-state index in [1.807, 2.05) is 0 Å². The lowest BCUT2D eigenvalue weighted by Gasteiger charge is -2.36. The van der Waals surface area contributed by atoms with Crippen LogP contribution in [0.15, 0.2) is 24.3 Å². The molecule has 0 amide bonds. The Kier molecular flexibility index (Phi) is 4.72. The van der Waals surface area contributed by atoms with Crippen LogP contribution in [0.5, 0.6) is 0 Å². The highest BCUT2D eigenvalue weighted by Crippen LogP contribution is 2.36. The summed E-state index contributed by atoms with van der Waals surface area (Å²) in [5, 5.41) is 0.286. The van der Waals surface area contributed by atoms with Gasteiger partial charge in [0.05, 0.1) is 13.2 Å². The van der Waals surface area contributed by atoms with E-state index in [2.05, 4.69) is 58.1 Å². The molecule has 3 heteroatoms. The van der Waals surface area contributed by atoms with Crippen molar-refractivity contribution in [3.8, 4) is 0 Å². The maximum atomic E-state index is 6.29. The Morgan fingerprint density at radius 3 is 2.40 bits per heavy atom. The van der Waals surface area contributed by atoms with Crippen LogP contribution in [-0.2, 0) is 15.6 Å². The summed E-state index contributed by atoms with van der Waals surface area (Å²) in [6.07, 6.45) is 1.01. The predicted molar refractivity (Wildman–Crippen MR) is 86.9 cm³/mol. The van der Waals surface area contributed by atoms with E-state index in [9.17, 15) is 0 Å². The van der Waals surface area contributed by atoms with Gasteiger partial charge in [0.15, 0.2) is 8.32 Å². The molecule has 1 aromatic carbocycles. The topological polar surface area (TPSA) is 18.5 Å². The Morgan fingerprint density at radius 2 is 1.85 bits per heavy atom. The summed E-state index contributed by atoms with van der Waals surface area (Å²) in [4.78, 5) is 0. The van der Waals surface area contributed by atoms with E-state index in [0.29, 0.717) is 5.92 Å². The van der Waals surface area contributed by atoms with Gasteiger partial charge < -0.3 is 9.16 Å². The van der Waals surface area contributed by atoms with Crippen molar-refractivity contribution in [1.29, 1.82) is 0 Å². The maximum Gasteiger partial charge on any atom is 0.191 e. The van der Waals surface area contributed by atoms with Crippen LogP contribution in [0.3, 0.4) is 0 Å². The van der Waals surface area contributed by atoms with Gasteiger partial charge in [0.2, 0.25) is 0 Å². The molecule has 0 spiro atoms. The number of rotatable bonds is 5. The molecule has 0 atom stereocenters. The first-order valence-electron chi connectivity index (χ1n) is 7.61. The Bertz CT molecular complexity index is 445. The molecule has 1 aliphatic heterocycles. The second-order valence-electron chi connectivity index (χ2n) is 7.29. The van der Waals surface area contributed by atoms with Crippen molar-refractivity contribution in [3.05, 3.63) is 35.4 Å². The summed E-state index contributed by atoms with van der Waals surface area (Å²) in [6, 6.07) is 8.74. The molecule has 112 valence electrons. The van der Waals surface area contributed by atoms with Crippen LogP contribution in [0.1, 0.15) is 37.8 Å². The average Bonchev–Trinajstić information content (AvgIpc) is 2.27. The third-order valence-corrected chi connectivity index (χ3v) is 9.31. The molecule has 0 saturated carbocycles. The molecule has 0 bridgehead atoms. The zero-order valence-electron chi connectivity index (χ0n) is 13.5. The molecule has 1 saturated heterocycles. The van der Waals surface area contributed by atoms with E-state index in [4.69, 9.17) is 9.16 Å². The first-order chi connectivity index (χ1) is 9.31. The molecule has 20 heavy (non-hydrogen) atoms. The summed E-state index contributed by atoms with van der Waals surface area (Å²) < 4.78 is 11.6. The van der Waals surface area contributed by atoms with Gasteiger partial charge in [0, 0.05) is 12.5 Å². The summed E-state index contributed by atoms with van der Waals surface area (Å²) in [5.74, 6) is 0.596. The van der Waals surface area contributed by atoms with Crippen molar-refractivity contribution in [2.45, 2.75) is 51.2 Å². The van der Waals surface area contributed by atoms with Gasteiger partial charge in [-0.25, -0.2) is 0 Å². The van der Waals surface area contributed by atoms with Gasteiger partial charge >= 0.3 is 0 Å². The van der Waals surface area contributed by atoms with Gasteiger partial charge in [-0.15, -0.1) is 0 Å². The number of hydrogen-bond acceptors (Lipinski definition) is 2. The molecule has 0 aliphatic carbocycles. The smallest absolute Gasteiger partial charge is 0.191 e. The Morgan fingerprint density at radius 1 is 1.20 bits per heavy atom. The van der Waals surface area contributed by atoms with Gasteiger partial charge in [0.1, 0.15) is 0 Å². The van der Waals surface area contributed by atoms with Crippen molar-refractivity contribution >= 4 is 8.32 Å². The lowest BCUT2D eigenvalue weighted by Crippen LogP contribution is -2.41. The third kappa shape index (κ3) is 3.51. The molecule has 0 aromatic heterocycles. The van der Waals surface area contributed by atoms with Gasteiger partial charge in [-0.2, -0.15) is 0 Å². The summed E-state index contributed by atoms with van der Waals surface area (Å²) in [5.41, 5.74) is 2.89. The van der Waals surface area contributed by atoms with Crippen molar-refractivity contribution in [2.24, 2.45) is 0 Å². The van der Waals surface area contributed by atoms with E-state index in [1.165, 1.54) is 11.1 Å². The van der Waals surface area contributed by atoms with Crippen LogP contribution in [0.25, 0.3) is 0 Å². The number of hydrogen-bond donors (Lipinski definition) is 0. The van der Waals surface area contributed by atoms with Crippen LogP contribution in [0.4, 0.5) is 0 Å². The maximum absolute atomic E-state index is 6.29. The van der Waals surface area contributed by atoms with E-state index in [0.717, 1.165) is 26.2 Å². The summed E-state index contributed by atoms with van der Waals surface area (Å²) >= 11 is 0. The lowest BCUT2D eigenvalue weighted by molar-refractivity contribution is 0.00802. The third-order valence-electron chi connectivity index (χ3n) is 4.77. The number of ether oxygens (including phenoxy) is 1. The van der Waals surface area contributed by atoms with Crippen molar-refractivity contribution in [1.82, 2.24) is 0 Å². The molecular weight excluding hydrogens is 264 g/mol. The molecule has 2 rings (SSSR count). The first-order valence-corrected chi connectivity index (χ1v) is 10.5. The first kappa shape index (κ1) is 15.7. The second-order valence-corrected chi connectivity index (χ2v) is 12.1. The molecule has 1 fully saturated rings. The zero-order valence-corrected chi connectivity index (χ0v) is 14.5. The summed E-state index contributed by atoms with van der Waals surface area (Å²) in [7, 11) is -1.62. The zero-order chi connectivity index (χ0) is 14.8. The van der Waals surface area contributed by atoms with Gasteiger partial charge in [0.25, 0.3) is 0 Å². The molecule has 1 aromatic rings. The molecule has 0 N–H and O–H groups in total. The molecule has 1 heterocycles. The monoisotopic (exact) mass is 292 g/mol. The Hall–Kier alpha value is -0.643.